The zero-order chi connectivity index (χ0) is 34.0. The number of hydrogen-bond acceptors (Lipinski definition) is 8. The molecule has 3 atom stereocenters. The molecule has 2 amide bonds. The first kappa shape index (κ1) is 34.2. The zero-order valence-corrected chi connectivity index (χ0v) is 28.6. The second-order valence-electron chi connectivity index (χ2n) is 14.9. The van der Waals surface area contributed by atoms with Gasteiger partial charge in [-0.15, -0.1) is 0 Å². The van der Waals surface area contributed by atoms with E-state index in [0.29, 0.717) is 55.5 Å². The van der Waals surface area contributed by atoms with Gasteiger partial charge in [-0.25, -0.2) is 9.18 Å². The van der Waals surface area contributed by atoms with Crippen LogP contribution in [0.5, 0.6) is 0 Å². The van der Waals surface area contributed by atoms with Crippen LogP contribution in [0.2, 0.25) is 0 Å². The van der Waals surface area contributed by atoms with Crippen molar-refractivity contribution in [1.82, 2.24) is 9.80 Å². The number of amides is 2. The van der Waals surface area contributed by atoms with E-state index in [9.17, 15) is 18.8 Å². The van der Waals surface area contributed by atoms with Crippen LogP contribution in [0.25, 0.3) is 11.0 Å². The Hall–Kier alpha value is -3.28. The molecule has 2 aliphatic heterocycles. The number of ether oxygens (including phenoxy) is 2. The molecule has 2 aromatic rings. The van der Waals surface area contributed by atoms with Gasteiger partial charge >= 0.3 is 5.97 Å². The predicted octanol–water partition coefficient (Wildman–Crippen LogP) is 5.75. The molecule has 5 fully saturated rings. The molecule has 10 nitrogen and oxygen atoms in total. The molecule has 1 aromatic carbocycles. The van der Waals surface area contributed by atoms with E-state index >= 15 is 0 Å². The van der Waals surface area contributed by atoms with E-state index in [0.717, 1.165) is 89.8 Å². The van der Waals surface area contributed by atoms with Crippen LogP contribution in [0.15, 0.2) is 39.8 Å². The third-order valence-electron chi connectivity index (χ3n) is 11.7. The van der Waals surface area contributed by atoms with Crippen molar-refractivity contribution in [2.45, 2.75) is 101 Å². The number of hydrogen-bond donors (Lipinski definition) is 2. The normalized spacial score (nSPS) is 29.3. The topological polar surface area (TPSA) is 127 Å². The Balaban J connectivity index is 0.988. The smallest absolute Gasteiger partial charge is 0.374 e. The van der Waals surface area contributed by atoms with Gasteiger partial charge < -0.3 is 29.8 Å². The van der Waals surface area contributed by atoms with Gasteiger partial charge in [-0.2, -0.15) is 0 Å². The molecule has 0 bridgehead atoms. The molecule has 3 aliphatic carbocycles. The van der Waals surface area contributed by atoms with E-state index in [1.807, 2.05) is 0 Å². The van der Waals surface area contributed by atoms with E-state index in [4.69, 9.17) is 19.6 Å². The third kappa shape index (κ3) is 7.59. The minimum atomic E-state index is -0.927. The Morgan fingerprint density at radius 2 is 1.73 bits per heavy atom. The van der Waals surface area contributed by atoms with Crippen LogP contribution in [-0.4, -0.2) is 91.3 Å². The van der Waals surface area contributed by atoms with Gasteiger partial charge in [0.05, 0.1) is 25.4 Å². The van der Waals surface area contributed by atoms with E-state index in [1.54, 1.807) is 29.2 Å². The van der Waals surface area contributed by atoms with Crippen LogP contribution < -0.4 is 11.1 Å². The Bertz CT molecular complexity index is 1550. The Morgan fingerprint density at radius 1 is 0.980 bits per heavy atom. The number of carbonyl (C=O) groups excluding carboxylic acids is 3. The second kappa shape index (κ2) is 14.9. The number of anilines is 1. The van der Waals surface area contributed by atoms with Crippen LogP contribution in [0.4, 0.5) is 10.1 Å². The highest BCUT2D eigenvalue weighted by Crippen LogP contribution is 2.49. The van der Waals surface area contributed by atoms with Crippen LogP contribution in [0.3, 0.4) is 0 Å². The summed E-state index contributed by atoms with van der Waals surface area (Å²) in [5.74, 6) is -0.621. The van der Waals surface area contributed by atoms with Gasteiger partial charge in [-0.3, -0.25) is 14.5 Å². The standard InChI is InChI=1S/C38H51FN4O6/c39-33-24-38(33,40)28-10-8-26(9-11-28)36(45)43-16-14-30(25-6-2-1-3-7-25)34(43)35(44)41-29-12-13-31-27(22-29)23-32(49-31)37(46)48-19-5-4-15-42-17-20-47-21-18-42/h12-13,22-23,26,28,33-34H,1-11,14-21,24,40H2,(H,41,44)/t26?,28?,33?,34-,38?/m0/s1. The van der Waals surface area contributed by atoms with Crippen molar-refractivity contribution in [3.05, 3.63) is 41.2 Å². The van der Waals surface area contributed by atoms with Gasteiger partial charge in [0.15, 0.2) is 0 Å². The number of esters is 1. The molecule has 11 heteroatoms. The number of fused-ring (bicyclic) bond motifs is 1. The lowest BCUT2D eigenvalue weighted by atomic mass is 9.77. The number of likely N-dealkylation sites (tertiary alicyclic amines) is 1. The fourth-order valence-corrected chi connectivity index (χ4v) is 8.62. The minimum Gasteiger partial charge on any atom is -0.460 e. The number of nitrogens with one attached hydrogen (secondary N) is 1. The van der Waals surface area contributed by atoms with E-state index in [2.05, 4.69) is 10.2 Å². The van der Waals surface area contributed by atoms with Crippen molar-refractivity contribution in [2.24, 2.45) is 17.6 Å². The van der Waals surface area contributed by atoms with Crippen molar-refractivity contribution in [3.63, 3.8) is 0 Å². The number of allylic oxidation sites excluding steroid dienone is 1. The Morgan fingerprint density at radius 3 is 2.47 bits per heavy atom. The molecule has 1 aromatic heterocycles. The van der Waals surface area contributed by atoms with Gasteiger partial charge in [0.1, 0.15) is 17.8 Å². The van der Waals surface area contributed by atoms with Gasteiger partial charge in [0, 0.05) is 43.0 Å². The number of carbonyl (C=O) groups is 3. The van der Waals surface area contributed by atoms with Gasteiger partial charge in [-0.1, -0.05) is 12.0 Å². The fourth-order valence-electron chi connectivity index (χ4n) is 8.62. The second-order valence-corrected chi connectivity index (χ2v) is 14.9. The van der Waals surface area contributed by atoms with Gasteiger partial charge in [-0.05, 0) is 113 Å². The molecular weight excluding hydrogens is 627 g/mol. The van der Waals surface area contributed by atoms with Crippen molar-refractivity contribution < 1.29 is 32.7 Å². The summed E-state index contributed by atoms with van der Waals surface area (Å²) in [7, 11) is 0. The number of halogens is 1. The molecular formula is C38H51FN4O6. The number of nitrogens with two attached hydrogens (primary N) is 1. The molecule has 0 spiro atoms. The zero-order valence-electron chi connectivity index (χ0n) is 28.6. The molecule has 49 heavy (non-hydrogen) atoms. The summed E-state index contributed by atoms with van der Waals surface area (Å²) >= 11 is 0. The monoisotopic (exact) mass is 678 g/mol. The summed E-state index contributed by atoms with van der Waals surface area (Å²) in [5, 5.41) is 3.78. The lowest BCUT2D eigenvalue weighted by Crippen LogP contribution is -2.47. The molecule has 3 saturated carbocycles. The SMILES string of the molecule is NC1(C2CCC(C(=O)N3CCC(=C4CCCCC4)[C@H]3C(=O)Nc3ccc4oc(C(=O)OCCCCN5CCOCC5)cc4c3)CC2)CC1F. The highest BCUT2D eigenvalue weighted by molar-refractivity contribution is 6.02. The number of alkyl halides is 1. The maximum absolute atomic E-state index is 14.1. The molecule has 7 rings (SSSR count). The highest BCUT2D eigenvalue weighted by atomic mass is 19.1. The van der Waals surface area contributed by atoms with Gasteiger partial charge in [0.2, 0.25) is 11.7 Å². The summed E-state index contributed by atoms with van der Waals surface area (Å²) in [5.41, 5.74) is 9.10. The number of benzene rings is 1. The first-order chi connectivity index (χ1) is 23.8. The Kier molecular flexibility index (Phi) is 10.4. The van der Waals surface area contributed by atoms with E-state index in [-0.39, 0.29) is 29.4 Å². The maximum Gasteiger partial charge on any atom is 0.374 e. The summed E-state index contributed by atoms with van der Waals surface area (Å²) in [6.07, 6.45) is 10.1. The van der Waals surface area contributed by atoms with Crippen molar-refractivity contribution >= 4 is 34.4 Å². The molecule has 2 unspecified atom stereocenters. The molecule has 5 aliphatic rings. The van der Waals surface area contributed by atoms with Crippen LogP contribution in [-0.2, 0) is 19.1 Å². The number of rotatable bonds is 10. The van der Waals surface area contributed by atoms with Crippen molar-refractivity contribution in [1.29, 1.82) is 0 Å². The summed E-state index contributed by atoms with van der Waals surface area (Å²) < 4.78 is 30.6. The molecule has 3 N–H and O–H groups in total. The van der Waals surface area contributed by atoms with Crippen molar-refractivity contribution in [3.8, 4) is 0 Å². The lowest BCUT2D eigenvalue weighted by Gasteiger charge is -2.35. The lowest BCUT2D eigenvalue weighted by molar-refractivity contribution is -0.140. The first-order valence-electron chi connectivity index (χ1n) is 18.6. The number of morpholine rings is 1. The quantitative estimate of drug-likeness (QED) is 0.185. The van der Waals surface area contributed by atoms with E-state index in [1.165, 1.54) is 12.0 Å². The van der Waals surface area contributed by atoms with Crippen LogP contribution >= 0.6 is 0 Å². The van der Waals surface area contributed by atoms with Crippen LogP contribution in [0.1, 0.15) is 94.0 Å². The predicted molar refractivity (Wildman–Crippen MR) is 184 cm³/mol. The number of nitrogens with zero attached hydrogens (tertiary/aromatic N) is 2. The average Bonchev–Trinajstić information content (AvgIpc) is 3.45. The summed E-state index contributed by atoms with van der Waals surface area (Å²) in [4.78, 5) is 45.0. The average molecular weight is 679 g/mol. The molecule has 2 saturated heterocycles. The third-order valence-corrected chi connectivity index (χ3v) is 11.7. The fraction of sp³-hybridized carbons (Fsp3) is 0.658. The summed E-state index contributed by atoms with van der Waals surface area (Å²) in [6, 6.07) is 6.30. The van der Waals surface area contributed by atoms with Crippen LogP contribution in [0, 0.1) is 11.8 Å². The molecule has 3 heterocycles. The van der Waals surface area contributed by atoms with E-state index < -0.39 is 23.7 Å². The van der Waals surface area contributed by atoms with Crippen molar-refractivity contribution in [2.75, 3.05) is 51.3 Å². The number of unbranched alkanes of at least 4 members (excludes halogenated alkanes) is 1. The maximum atomic E-state index is 14.1. The number of furan rings is 1. The first-order valence-corrected chi connectivity index (χ1v) is 18.6. The summed E-state index contributed by atoms with van der Waals surface area (Å²) in [6.45, 7) is 5.24. The highest BCUT2D eigenvalue weighted by Gasteiger charge is 2.57. The molecule has 0 radical (unpaired) electrons. The largest absolute Gasteiger partial charge is 0.460 e. The Labute approximate surface area is 287 Å². The minimum absolute atomic E-state index is 0.0261. The van der Waals surface area contributed by atoms with Gasteiger partial charge in [0.25, 0.3) is 5.91 Å². The molecule has 266 valence electrons.